The molecule has 2 aromatic rings. The van der Waals surface area contributed by atoms with Crippen LogP contribution in [0.1, 0.15) is 31.5 Å². The van der Waals surface area contributed by atoms with Crippen LogP contribution in [-0.4, -0.2) is 40.8 Å². The number of aryl methyl sites for hydroxylation is 2. The van der Waals surface area contributed by atoms with E-state index in [4.69, 9.17) is 4.74 Å². The lowest BCUT2D eigenvalue weighted by Gasteiger charge is -2.35. The maximum Gasteiger partial charge on any atom is 0.165 e. The molecule has 5 nitrogen and oxygen atoms in total. The fourth-order valence-corrected chi connectivity index (χ4v) is 3.21. The molecule has 118 valence electrons. The maximum absolute atomic E-state index is 5.90. The minimum Gasteiger partial charge on any atom is -0.375 e. The summed E-state index contributed by atoms with van der Waals surface area (Å²) in [6, 6.07) is 2.10. The molecule has 0 amide bonds. The van der Waals surface area contributed by atoms with Crippen molar-refractivity contribution < 1.29 is 4.74 Å². The van der Waals surface area contributed by atoms with E-state index in [-0.39, 0.29) is 6.10 Å². The number of anilines is 1. The monoisotopic (exact) mass is 300 g/mol. The zero-order valence-electron chi connectivity index (χ0n) is 13.8. The molecule has 3 heterocycles. The Morgan fingerprint density at radius 1 is 1.32 bits per heavy atom. The Labute approximate surface area is 131 Å². The molecule has 0 saturated carbocycles. The molecular weight excluding hydrogens is 276 g/mol. The maximum atomic E-state index is 5.90. The highest BCUT2D eigenvalue weighted by Gasteiger charge is 2.24. The number of aromatic nitrogens is 3. The van der Waals surface area contributed by atoms with Crippen molar-refractivity contribution >= 4 is 16.9 Å². The van der Waals surface area contributed by atoms with Crippen LogP contribution in [0.5, 0.6) is 0 Å². The molecule has 0 aromatic carbocycles. The van der Waals surface area contributed by atoms with E-state index in [0.29, 0.717) is 5.92 Å². The summed E-state index contributed by atoms with van der Waals surface area (Å²) >= 11 is 0. The van der Waals surface area contributed by atoms with E-state index in [1.54, 1.807) is 6.33 Å². The van der Waals surface area contributed by atoms with Crippen molar-refractivity contribution in [1.82, 2.24) is 15.0 Å². The Balaban J connectivity index is 1.96. The Morgan fingerprint density at radius 2 is 2.14 bits per heavy atom. The van der Waals surface area contributed by atoms with Crippen molar-refractivity contribution in [3.8, 4) is 0 Å². The summed E-state index contributed by atoms with van der Waals surface area (Å²) in [6.45, 7) is 11.1. The number of fused-ring (bicyclic) bond motifs is 1. The van der Waals surface area contributed by atoms with Gasteiger partial charge in [0, 0.05) is 18.8 Å². The lowest BCUT2D eigenvalue weighted by molar-refractivity contribution is 0.0274. The topological polar surface area (TPSA) is 51.1 Å². The smallest absolute Gasteiger partial charge is 0.165 e. The number of pyridine rings is 1. The molecule has 0 spiro atoms. The van der Waals surface area contributed by atoms with Gasteiger partial charge in [-0.25, -0.2) is 15.0 Å². The quantitative estimate of drug-likeness (QED) is 0.872. The van der Waals surface area contributed by atoms with Crippen LogP contribution < -0.4 is 4.90 Å². The summed E-state index contributed by atoms with van der Waals surface area (Å²) in [5.41, 5.74) is 2.97. The van der Waals surface area contributed by atoms with Gasteiger partial charge in [-0.15, -0.1) is 0 Å². The average molecular weight is 300 g/mol. The summed E-state index contributed by atoms with van der Waals surface area (Å²) in [6.07, 6.45) is 2.98. The molecule has 5 heteroatoms. The fourth-order valence-electron chi connectivity index (χ4n) is 3.21. The summed E-state index contributed by atoms with van der Waals surface area (Å²) in [5.74, 6) is 1.63. The third-order valence-electron chi connectivity index (χ3n) is 4.08. The summed E-state index contributed by atoms with van der Waals surface area (Å²) in [4.78, 5) is 15.8. The SMILES string of the molecule is Cc1cc(C)c2c(N3CCO[C@H](CC(C)C)C3)ncnc2n1. The van der Waals surface area contributed by atoms with Crippen molar-refractivity contribution in [2.24, 2.45) is 5.92 Å². The molecule has 0 unspecified atom stereocenters. The van der Waals surface area contributed by atoms with E-state index in [0.717, 1.165) is 48.7 Å². The van der Waals surface area contributed by atoms with Gasteiger partial charge in [-0.1, -0.05) is 13.8 Å². The number of morpholine rings is 1. The van der Waals surface area contributed by atoms with Gasteiger partial charge in [0.15, 0.2) is 5.65 Å². The molecule has 0 bridgehead atoms. The second-order valence-corrected chi connectivity index (χ2v) is 6.54. The Bertz CT molecular complexity index is 671. The van der Waals surface area contributed by atoms with Crippen molar-refractivity contribution in [2.75, 3.05) is 24.6 Å². The van der Waals surface area contributed by atoms with Crippen LogP contribution in [0.2, 0.25) is 0 Å². The highest BCUT2D eigenvalue weighted by Crippen LogP contribution is 2.27. The molecule has 0 aliphatic carbocycles. The van der Waals surface area contributed by atoms with Gasteiger partial charge in [-0.05, 0) is 37.8 Å². The molecule has 1 fully saturated rings. The highest BCUT2D eigenvalue weighted by atomic mass is 16.5. The molecule has 22 heavy (non-hydrogen) atoms. The van der Waals surface area contributed by atoms with Gasteiger partial charge >= 0.3 is 0 Å². The first kappa shape index (κ1) is 15.2. The van der Waals surface area contributed by atoms with Crippen LogP contribution in [0.15, 0.2) is 12.4 Å². The van der Waals surface area contributed by atoms with Crippen LogP contribution in [0.25, 0.3) is 11.0 Å². The molecule has 1 aliphatic heterocycles. The van der Waals surface area contributed by atoms with Crippen LogP contribution >= 0.6 is 0 Å². The molecule has 1 atom stereocenters. The van der Waals surface area contributed by atoms with Gasteiger partial charge in [-0.3, -0.25) is 0 Å². The first-order valence-electron chi connectivity index (χ1n) is 8.00. The third-order valence-corrected chi connectivity index (χ3v) is 4.08. The minimum absolute atomic E-state index is 0.275. The van der Waals surface area contributed by atoms with E-state index in [1.807, 2.05) is 6.92 Å². The summed E-state index contributed by atoms with van der Waals surface area (Å²) in [5, 5.41) is 1.07. The van der Waals surface area contributed by atoms with E-state index in [1.165, 1.54) is 5.56 Å². The first-order valence-corrected chi connectivity index (χ1v) is 8.00. The second-order valence-electron chi connectivity index (χ2n) is 6.54. The van der Waals surface area contributed by atoms with E-state index in [9.17, 15) is 0 Å². The largest absolute Gasteiger partial charge is 0.375 e. The molecule has 0 radical (unpaired) electrons. The van der Waals surface area contributed by atoms with Gasteiger partial charge < -0.3 is 9.64 Å². The number of hydrogen-bond donors (Lipinski definition) is 0. The molecular formula is C17H24N4O. The number of hydrogen-bond acceptors (Lipinski definition) is 5. The minimum atomic E-state index is 0.275. The average Bonchev–Trinajstić information content (AvgIpc) is 2.45. The van der Waals surface area contributed by atoms with Crippen LogP contribution in [-0.2, 0) is 4.74 Å². The fraction of sp³-hybridized carbons (Fsp3) is 0.588. The van der Waals surface area contributed by atoms with Gasteiger partial charge in [0.2, 0.25) is 0 Å². The van der Waals surface area contributed by atoms with Gasteiger partial charge in [0.05, 0.1) is 18.1 Å². The standard InChI is InChI=1S/C17H24N4O/c1-11(2)7-14-9-21(5-6-22-14)17-15-12(3)8-13(4)20-16(15)18-10-19-17/h8,10-11,14H,5-7,9H2,1-4H3/t14-/m1/s1. The van der Waals surface area contributed by atoms with Crippen molar-refractivity contribution in [1.29, 1.82) is 0 Å². The predicted molar refractivity (Wildman–Crippen MR) is 88.2 cm³/mol. The summed E-state index contributed by atoms with van der Waals surface area (Å²) in [7, 11) is 0. The number of ether oxygens (including phenoxy) is 1. The molecule has 0 N–H and O–H groups in total. The molecule has 1 aliphatic rings. The van der Waals surface area contributed by atoms with Gasteiger partial charge in [0.25, 0.3) is 0 Å². The Morgan fingerprint density at radius 3 is 2.91 bits per heavy atom. The van der Waals surface area contributed by atoms with Gasteiger partial charge in [-0.2, -0.15) is 0 Å². The third kappa shape index (κ3) is 3.04. The number of rotatable bonds is 3. The summed E-state index contributed by atoms with van der Waals surface area (Å²) < 4.78 is 5.90. The highest BCUT2D eigenvalue weighted by molar-refractivity contribution is 5.90. The van der Waals surface area contributed by atoms with E-state index >= 15 is 0 Å². The van der Waals surface area contributed by atoms with Crippen LogP contribution in [0.3, 0.4) is 0 Å². The van der Waals surface area contributed by atoms with E-state index < -0.39 is 0 Å². The molecule has 2 aromatic heterocycles. The first-order chi connectivity index (χ1) is 10.5. The van der Waals surface area contributed by atoms with Crippen LogP contribution in [0.4, 0.5) is 5.82 Å². The van der Waals surface area contributed by atoms with Crippen molar-refractivity contribution in [2.45, 2.75) is 40.2 Å². The zero-order chi connectivity index (χ0) is 15.7. The van der Waals surface area contributed by atoms with Crippen molar-refractivity contribution in [3.05, 3.63) is 23.7 Å². The van der Waals surface area contributed by atoms with Crippen LogP contribution in [0, 0.1) is 19.8 Å². The zero-order valence-corrected chi connectivity index (χ0v) is 13.8. The normalized spacial score (nSPS) is 19.1. The van der Waals surface area contributed by atoms with E-state index in [2.05, 4.69) is 46.7 Å². The lowest BCUT2D eigenvalue weighted by atomic mass is 10.0. The van der Waals surface area contributed by atoms with Gasteiger partial charge in [0.1, 0.15) is 12.1 Å². The molecule has 1 saturated heterocycles. The Hall–Kier alpha value is -1.75. The van der Waals surface area contributed by atoms with Crippen molar-refractivity contribution in [3.63, 3.8) is 0 Å². The predicted octanol–water partition coefficient (Wildman–Crippen LogP) is 2.89. The second kappa shape index (κ2) is 6.16. The Kier molecular flexibility index (Phi) is 4.25. The number of nitrogens with zero attached hydrogens (tertiary/aromatic N) is 4. The molecule has 3 rings (SSSR count). The lowest BCUT2D eigenvalue weighted by Crippen LogP contribution is -2.43.